The third-order valence-electron chi connectivity index (χ3n) is 2.95. The molecule has 1 aromatic rings. The van der Waals surface area contributed by atoms with Crippen molar-refractivity contribution in [2.45, 2.75) is 31.2 Å². The van der Waals surface area contributed by atoms with E-state index >= 15 is 0 Å². The van der Waals surface area contributed by atoms with E-state index in [1.54, 1.807) is 24.3 Å². The van der Waals surface area contributed by atoms with Gasteiger partial charge in [-0.05, 0) is 23.6 Å². The van der Waals surface area contributed by atoms with Crippen molar-refractivity contribution in [2.75, 3.05) is 6.26 Å². The van der Waals surface area contributed by atoms with Crippen molar-refractivity contribution in [3.8, 4) is 0 Å². The minimum Gasteiger partial charge on any atom is -0.324 e. The van der Waals surface area contributed by atoms with Gasteiger partial charge in [-0.15, -0.1) is 12.4 Å². The number of halogens is 1. The lowest BCUT2D eigenvalue weighted by Gasteiger charge is -2.18. The Labute approximate surface area is 110 Å². The fourth-order valence-corrected chi connectivity index (χ4v) is 2.15. The first-order valence-corrected chi connectivity index (χ1v) is 7.31. The molecule has 5 heteroatoms. The molecule has 98 valence electrons. The van der Waals surface area contributed by atoms with Crippen LogP contribution in [-0.4, -0.2) is 14.7 Å². The molecule has 1 aromatic carbocycles. The zero-order chi connectivity index (χ0) is 12.3. The van der Waals surface area contributed by atoms with Gasteiger partial charge in [0.2, 0.25) is 0 Å². The molecule has 0 aliphatic carbocycles. The highest BCUT2D eigenvalue weighted by atomic mass is 35.5. The van der Waals surface area contributed by atoms with Gasteiger partial charge in [0.1, 0.15) is 0 Å². The van der Waals surface area contributed by atoms with Crippen LogP contribution < -0.4 is 5.73 Å². The van der Waals surface area contributed by atoms with Crippen LogP contribution in [0.5, 0.6) is 0 Å². The van der Waals surface area contributed by atoms with E-state index in [4.69, 9.17) is 5.73 Å². The summed E-state index contributed by atoms with van der Waals surface area (Å²) in [6, 6.07) is 6.80. The van der Waals surface area contributed by atoms with Crippen molar-refractivity contribution in [1.82, 2.24) is 0 Å². The third-order valence-corrected chi connectivity index (χ3v) is 4.08. The molecular weight excluding hydrogens is 258 g/mol. The molecule has 0 saturated heterocycles. The molecule has 0 aromatic heterocycles. The lowest BCUT2D eigenvalue weighted by Crippen LogP contribution is -2.18. The molecule has 3 nitrogen and oxygen atoms in total. The Hall–Kier alpha value is -0.580. The van der Waals surface area contributed by atoms with Crippen LogP contribution in [0.25, 0.3) is 0 Å². The monoisotopic (exact) mass is 277 g/mol. The lowest BCUT2D eigenvalue weighted by molar-refractivity contribution is 0.456. The summed E-state index contributed by atoms with van der Waals surface area (Å²) in [5.74, 6) is 0.393. The molecule has 0 heterocycles. The maximum absolute atomic E-state index is 11.3. The third kappa shape index (κ3) is 4.30. The Kier molecular flexibility index (Phi) is 6.16. The predicted molar refractivity (Wildman–Crippen MR) is 73.2 cm³/mol. The number of nitrogens with two attached hydrogens (primary N) is 1. The zero-order valence-electron chi connectivity index (χ0n) is 10.4. The van der Waals surface area contributed by atoms with Crippen LogP contribution in [0.2, 0.25) is 0 Å². The Morgan fingerprint density at radius 3 is 2.06 bits per heavy atom. The summed E-state index contributed by atoms with van der Waals surface area (Å²) in [5, 5.41) is 0. The molecule has 0 aliphatic rings. The minimum absolute atomic E-state index is 0. The molecule has 0 radical (unpaired) electrons. The number of hydrogen-bond donors (Lipinski definition) is 1. The largest absolute Gasteiger partial charge is 0.324 e. The molecule has 0 fully saturated rings. The van der Waals surface area contributed by atoms with Crippen LogP contribution >= 0.6 is 12.4 Å². The number of sulfone groups is 1. The van der Waals surface area contributed by atoms with Crippen molar-refractivity contribution < 1.29 is 8.42 Å². The van der Waals surface area contributed by atoms with E-state index in [1.807, 2.05) is 0 Å². The Morgan fingerprint density at radius 2 is 1.71 bits per heavy atom. The maximum Gasteiger partial charge on any atom is 0.175 e. The first-order valence-electron chi connectivity index (χ1n) is 5.42. The van der Waals surface area contributed by atoms with E-state index in [2.05, 4.69) is 13.8 Å². The van der Waals surface area contributed by atoms with Gasteiger partial charge >= 0.3 is 0 Å². The van der Waals surface area contributed by atoms with Crippen LogP contribution in [0.1, 0.15) is 31.9 Å². The smallest absolute Gasteiger partial charge is 0.175 e. The van der Waals surface area contributed by atoms with Gasteiger partial charge < -0.3 is 5.73 Å². The molecule has 0 bridgehead atoms. The second-order valence-corrected chi connectivity index (χ2v) is 6.27. The topological polar surface area (TPSA) is 60.2 Å². The quantitative estimate of drug-likeness (QED) is 0.920. The summed E-state index contributed by atoms with van der Waals surface area (Å²) >= 11 is 0. The molecule has 17 heavy (non-hydrogen) atoms. The van der Waals surface area contributed by atoms with Gasteiger partial charge in [-0.2, -0.15) is 0 Å². The highest BCUT2D eigenvalue weighted by Crippen LogP contribution is 2.22. The second kappa shape index (κ2) is 6.38. The molecule has 2 N–H and O–H groups in total. The molecular formula is C12H20ClNO2S. The predicted octanol–water partition coefficient (Wildman–Crippen LogP) is 2.56. The molecule has 1 rings (SSSR count). The standard InChI is InChI=1S/C12H19NO2S.ClH/c1-4-9(2)12(13)10-5-7-11(8-6-10)16(3,14)15;/h5-9,12H,4,13H2,1-3H3;1H/t9?,12-;/m1./s1. The summed E-state index contributed by atoms with van der Waals surface area (Å²) in [5.41, 5.74) is 7.05. The van der Waals surface area contributed by atoms with Crippen LogP contribution in [0.3, 0.4) is 0 Å². The maximum atomic E-state index is 11.3. The van der Waals surface area contributed by atoms with Gasteiger partial charge in [-0.25, -0.2) is 8.42 Å². The first-order chi connectivity index (χ1) is 7.36. The van der Waals surface area contributed by atoms with E-state index in [9.17, 15) is 8.42 Å². The molecule has 0 spiro atoms. The number of hydrogen-bond acceptors (Lipinski definition) is 3. The molecule has 0 aliphatic heterocycles. The van der Waals surface area contributed by atoms with Gasteiger partial charge in [0.05, 0.1) is 4.90 Å². The van der Waals surface area contributed by atoms with Crippen LogP contribution in [-0.2, 0) is 9.84 Å². The summed E-state index contributed by atoms with van der Waals surface area (Å²) in [7, 11) is -3.11. The van der Waals surface area contributed by atoms with Crippen LogP contribution in [0.4, 0.5) is 0 Å². The van der Waals surface area contributed by atoms with E-state index in [0.29, 0.717) is 10.8 Å². The Morgan fingerprint density at radius 1 is 1.24 bits per heavy atom. The summed E-state index contributed by atoms with van der Waals surface area (Å²) < 4.78 is 22.5. The normalized spacial score (nSPS) is 14.8. The van der Waals surface area contributed by atoms with Gasteiger partial charge in [0.15, 0.2) is 9.84 Å². The molecule has 0 amide bonds. The molecule has 1 unspecified atom stereocenters. The van der Waals surface area contributed by atoms with Crippen molar-refractivity contribution in [3.63, 3.8) is 0 Å². The van der Waals surface area contributed by atoms with Crippen molar-refractivity contribution in [2.24, 2.45) is 11.7 Å². The van der Waals surface area contributed by atoms with Gasteiger partial charge in [0.25, 0.3) is 0 Å². The van der Waals surface area contributed by atoms with Gasteiger partial charge in [-0.1, -0.05) is 32.4 Å². The lowest BCUT2D eigenvalue weighted by atomic mass is 9.93. The van der Waals surface area contributed by atoms with E-state index in [-0.39, 0.29) is 18.4 Å². The van der Waals surface area contributed by atoms with E-state index in [0.717, 1.165) is 12.0 Å². The SMILES string of the molecule is CCC(C)[C@@H](N)c1ccc(S(C)(=O)=O)cc1.Cl. The number of rotatable bonds is 4. The molecule has 2 atom stereocenters. The van der Waals surface area contributed by atoms with Crippen molar-refractivity contribution in [3.05, 3.63) is 29.8 Å². The van der Waals surface area contributed by atoms with E-state index < -0.39 is 9.84 Å². The van der Waals surface area contributed by atoms with Gasteiger partial charge in [-0.3, -0.25) is 0 Å². The van der Waals surface area contributed by atoms with Crippen LogP contribution in [0.15, 0.2) is 29.2 Å². The highest BCUT2D eigenvalue weighted by Gasteiger charge is 2.14. The second-order valence-electron chi connectivity index (χ2n) is 4.25. The average molecular weight is 278 g/mol. The molecule has 0 saturated carbocycles. The fourth-order valence-electron chi connectivity index (χ4n) is 1.52. The average Bonchev–Trinajstić information content (AvgIpc) is 2.26. The summed E-state index contributed by atoms with van der Waals surface area (Å²) in [6.45, 7) is 4.19. The Bertz CT molecular complexity index is 442. The highest BCUT2D eigenvalue weighted by molar-refractivity contribution is 7.90. The zero-order valence-corrected chi connectivity index (χ0v) is 12.0. The van der Waals surface area contributed by atoms with Gasteiger partial charge in [0, 0.05) is 12.3 Å². The van der Waals surface area contributed by atoms with E-state index in [1.165, 1.54) is 6.26 Å². The van der Waals surface area contributed by atoms with Crippen molar-refractivity contribution in [1.29, 1.82) is 0 Å². The fraction of sp³-hybridized carbons (Fsp3) is 0.500. The van der Waals surface area contributed by atoms with Crippen LogP contribution in [0, 0.1) is 5.92 Å². The summed E-state index contributed by atoms with van der Waals surface area (Å²) in [6.07, 6.45) is 2.21. The number of benzene rings is 1. The first kappa shape index (κ1) is 16.4. The van der Waals surface area contributed by atoms with Crippen molar-refractivity contribution >= 4 is 22.2 Å². The summed E-state index contributed by atoms with van der Waals surface area (Å²) in [4.78, 5) is 0.340. The Balaban J connectivity index is 0.00000256. The minimum atomic E-state index is -3.11.